The fourth-order valence-electron chi connectivity index (χ4n) is 2.74. The molecule has 0 spiro atoms. The molecule has 0 saturated carbocycles. The molecule has 0 aliphatic heterocycles. The summed E-state index contributed by atoms with van der Waals surface area (Å²) in [5, 5.41) is 11.7. The van der Waals surface area contributed by atoms with E-state index in [1.54, 1.807) is 29.4 Å². The molecule has 0 amide bonds. The van der Waals surface area contributed by atoms with Crippen LogP contribution in [0.1, 0.15) is 23.2 Å². The van der Waals surface area contributed by atoms with Crippen LogP contribution in [0.15, 0.2) is 52.9 Å². The maximum atomic E-state index is 4.46. The highest BCUT2D eigenvalue weighted by Crippen LogP contribution is 2.34. The lowest BCUT2D eigenvalue weighted by molar-refractivity contribution is 0.651. The van der Waals surface area contributed by atoms with Crippen LogP contribution in [0.3, 0.4) is 0 Å². The third kappa shape index (κ3) is 3.29. The van der Waals surface area contributed by atoms with Crippen LogP contribution in [-0.2, 0) is 13.0 Å². The Kier molecular flexibility index (Phi) is 4.50. The zero-order chi connectivity index (χ0) is 17.2. The Hall–Kier alpha value is -2.25. The number of nitrogens with zero attached hydrogens (tertiary/aromatic N) is 5. The average Bonchev–Trinajstić information content (AvgIpc) is 3.19. The van der Waals surface area contributed by atoms with Gasteiger partial charge in [0.05, 0.1) is 0 Å². The third-order valence-corrected chi connectivity index (χ3v) is 5.88. The van der Waals surface area contributed by atoms with E-state index in [1.807, 2.05) is 18.2 Å². The lowest BCUT2D eigenvalue weighted by Crippen LogP contribution is -2.04. The molecule has 0 fully saturated rings. The SMILES string of the molecule is CCn1c(Cc2ccccc2)nnc1Sc1ncnc2sc(C)cc12. The molecule has 1 aromatic carbocycles. The second-order valence-electron chi connectivity index (χ2n) is 5.66. The Morgan fingerprint density at radius 3 is 2.76 bits per heavy atom. The highest BCUT2D eigenvalue weighted by atomic mass is 32.2. The molecule has 0 radical (unpaired) electrons. The van der Waals surface area contributed by atoms with Crippen molar-refractivity contribution in [3.8, 4) is 0 Å². The second kappa shape index (κ2) is 6.93. The Bertz CT molecular complexity index is 1010. The van der Waals surface area contributed by atoms with Crippen molar-refractivity contribution in [1.82, 2.24) is 24.7 Å². The van der Waals surface area contributed by atoms with E-state index >= 15 is 0 Å². The first kappa shape index (κ1) is 16.2. The van der Waals surface area contributed by atoms with Gasteiger partial charge in [-0.05, 0) is 37.2 Å². The van der Waals surface area contributed by atoms with E-state index in [-0.39, 0.29) is 0 Å². The Morgan fingerprint density at radius 2 is 1.96 bits per heavy atom. The van der Waals surface area contributed by atoms with E-state index in [1.165, 1.54) is 10.4 Å². The van der Waals surface area contributed by atoms with E-state index in [2.05, 4.69) is 56.8 Å². The minimum atomic E-state index is 0.777. The number of hydrogen-bond donors (Lipinski definition) is 0. The highest BCUT2D eigenvalue weighted by molar-refractivity contribution is 7.99. The largest absolute Gasteiger partial charge is 0.306 e. The normalized spacial score (nSPS) is 11.3. The Balaban J connectivity index is 1.66. The van der Waals surface area contributed by atoms with Crippen LogP contribution in [-0.4, -0.2) is 24.7 Å². The monoisotopic (exact) mass is 367 g/mol. The van der Waals surface area contributed by atoms with Gasteiger partial charge in [-0.3, -0.25) is 0 Å². The maximum Gasteiger partial charge on any atom is 0.197 e. The molecule has 0 unspecified atom stereocenters. The molecule has 25 heavy (non-hydrogen) atoms. The zero-order valence-corrected chi connectivity index (χ0v) is 15.6. The minimum Gasteiger partial charge on any atom is -0.306 e. The maximum absolute atomic E-state index is 4.46. The molecule has 0 saturated heterocycles. The van der Waals surface area contributed by atoms with Crippen LogP contribution < -0.4 is 0 Å². The molecule has 0 aliphatic carbocycles. The molecule has 0 aliphatic rings. The Labute approximate surface area is 154 Å². The summed E-state index contributed by atoms with van der Waals surface area (Å²) in [5.74, 6) is 0.975. The average molecular weight is 368 g/mol. The van der Waals surface area contributed by atoms with E-state index in [9.17, 15) is 0 Å². The fourth-order valence-corrected chi connectivity index (χ4v) is 4.62. The van der Waals surface area contributed by atoms with Gasteiger partial charge in [0.15, 0.2) is 5.16 Å². The highest BCUT2D eigenvalue weighted by Gasteiger charge is 2.15. The number of hydrogen-bond acceptors (Lipinski definition) is 6. The van der Waals surface area contributed by atoms with Crippen molar-refractivity contribution in [2.75, 3.05) is 0 Å². The van der Waals surface area contributed by atoms with Crippen molar-refractivity contribution in [1.29, 1.82) is 0 Å². The standard InChI is InChI=1S/C18H17N5S2/c1-3-23-15(10-13-7-5-4-6-8-13)21-22-18(23)25-17-14-9-12(2)24-16(14)19-11-20-17/h4-9,11H,3,10H2,1-2H3. The molecule has 3 aromatic heterocycles. The molecule has 0 atom stereocenters. The first-order valence-electron chi connectivity index (χ1n) is 8.09. The topological polar surface area (TPSA) is 56.5 Å². The summed E-state index contributed by atoms with van der Waals surface area (Å²) in [6.07, 6.45) is 2.40. The van der Waals surface area contributed by atoms with Gasteiger partial charge in [-0.2, -0.15) is 0 Å². The van der Waals surface area contributed by atoms with Crippen molar-refractivity contribution in [2.24, 2.45) is 0 Å². The molecular formula is C18H17N5S2. The van der Waals surface area contributed by atoms with E-state index in [4.69, 9.17) is 0 Å². The molecule has 0 bridgehead atoms. The second-order valence-corrected chi connectivity index (χ2v) is 7.85. The van der Waals surface area contributed by atoms with Gasteiger partial charge in [-0.1, -0.05) is 30.3 Å². The number of thiophene rings is 1. The van der Waals surface area contributed by atoms with Gasteiger partial charge in [-0.25, -0.2) is 9.97 Å². The first-order valence-corrected chi connectivity index (χ1v) is 9.73. The van der Waals surface area contributed by atoms with E-state index in [0.29, 0.717) is 0 Å². The molecule has 7 heteroatoms. The van der Waals surface area contributed by atoms with Crippen LogP contribution in [0.5, 0.6) is 0 Å². The summed E-state index contributed by atoms with van der Waals surface area (Å²) in [6, 6.07) is 12.5. The molecule has 4 rings (SSSR count). The molecule has 0 N–H and O–H groups in total. The van der Waals surface area contributed by atoms with Gasteiger partial charge >= 0.3 is 0 Å². The lowest BCUT2D eigenvalue weighted by atomic mass is 10.1. The molecular weight excluding hydrogens is 350 g/mol. The minimum absolute atomic E-state index is 0.777. The Morgan fingerprint density at radius 1 is 1.12 bits per heavy atom. The van der Waals surface area contributed by atoms with Crippen molar-refractivity contribution in [2.45, 2.75) is 37.0 Å². The summed E-state index contributed by atoms with van der Waals surface area (Å²) in [4.78, 5) is 11.1. The lowest BCUT2D eigenvalue weighted by Gasteiger charge is -2.07. The van der Waals surface area contributed by atoms with Gasteiger partial charge in [0.1, 0.15) is 22.0 Å². The first-order chi connectivity index (χ1) is 12.2. The van der Waals surface area contributed by atoms with Gasteiger partial charge in [0, 0.05) is 23.2 Å². The summed E-state index contributed by atoms with van der Waals surface area (Å²) >= 11 is 3.24. The number of aromatic nitrogens is 5. The zero-order valence-electron chi connectivity index (χ0n) is 14.0. The molecule has 4 aromatic rings. The van der Waals surface area contributed by atoms with Gasteiger partial charge < -0.3 is 4.57 Å². The summed E-state index contributed by atoms with van der Waals surface area (Å²) in [5.41, 5.74) is 1.24. The van der Waals surface area contributed by atoms with Gasteiger partial charge in [0.25, 0.3) is 0 Å². The number of benzene rings is 1. The van der Waals surface area contributed by atoms with Crippen molar-refractivity contribution < 1.29 is 0 Å². The smallest absolute Gasteiger partial charge is 0.197 e. The van der Waals surface area contributed by atoms with Crippen LogP contribution in [0.25, 0.3) is 10.2 Å². The van der Waals surface area contributed by atoms with Crippen LogP contribution in [0.2, 0.25) is 0 Å². The molecule has 5 nitrogen and oxygen atoms in total. The summed E-state index contributed by atoms with van der Waals surface area (Å²) in [6.45, 7) is 5.04. The molecule has 3 heterocycles. The van der Waals surface area contributed by atoms with Crippen molar-refractivity contribution in [3.63, 3.8) is 0 Å². The fraction of sp³-hybridized carbons (Fsp3) is 0.222. The number of rotatable bonds is 5. The predicted octanol–water partition coefficient (Wildman–Crippen LogP) is 4.35. The molecule has 126 valence electrons. The number of fused-ring (bicyclic) bond motifs is 1. The van der Waals surface area contributed by atoms with Crippen LogP contribution in [0.4, 0.5) is 0 Å². The van der Waals surface area contributed by atoms with Crippen molar-refractivity contribution >= 4 is 33.3 Å². The van der Waals surface area contributed by atoms with Gasteiger partial charge in [-0.15, -0.1) is 21.5 Å². The van der Waals surface area contributed by atoms with Crippen LogP contribution in [0, 0.1) is 6.92 Å². The van der Waals surface area contributed by atoms with Gasteiger partial charge in [0.2, 0.25) is 0 Å². The van der Waals surface area contributed by atoms with E-state index in [0.717, 1.165) is 39.2 Å². The predicted molar refractivity (Wildman–Crippen MR) is 101 cm³/mol. The summed E-state index contributed by atoms with van der Waals surface area (Å²) in [7, 11) is 0. The van der Waals surface area contributed by atoms with E-state index < -0.39 is 0 Å². The third-order valence-electron chi connectivity index (χ3n) is 3.92. The number of aryl methyl sites for hydroxylation is 1. The summed E-state index contributed by atoms with van der Waals surface area (Å²) < 4.78 is 2.16. The van der Waals surface area contributed by atoms with Crippen molar-refractivity contribution in [3.05, 3.63) is 59.0 Å². The quantitative estimate of drug-likeness (QED) is 0.491. The van der Waals surface area contributed by atoms with Crippen LogP contribution >= 0.6 is 23.1 Å².